The molecule has 0 aliphatic rings. The molecule has 0 aliphatic heterocycles. The van der Waals surface area contributed by atoms with Gasteiger partial charge < -0.3 is 11.5 Å². The van der Waals surface area contributed by atoms with E-state index >= 15 is 0 Å². The molecule has 4 atom stereocenters. The lowest BCUT2D eigenvalue weighted by molar-refractivity contribution is 0.201. The van der Waals surface area contributed by atoms with Gasteiger partial charge in [-0.05, 0) is 51.5 Å². The van der Waals surface area contributed by atoms with Gasteiger partial charge in [-0.3, -0.25) is 4.55 Å². The maximum Gasteiger partial charge on any atom is 0.270 e. The maximum atomic E-state index is 11.4. The average Bonchev–Trinajstić information content (AvgIpc) is 2.15. The highest BCUT2D eigenvalue weighted by molar-refractivity contribution is 7.87. The summed E-state index contributed by atoms with van der Waals surface area (Å²) in [5, 5.41) is 0. The molecule has 0 heterocycles. The molecule has 0 saturated heterocycles. The van der Waals surface area contributed by atoms with Crippen LogP contribution in [-0.2, 0) is 10.1 Å². The highest BCUT2D eigenvalue weighted by Gasteiger charge is 2.43. The van der Waals surface area contributed by atoms with Gasteiger partial charge in [0, 0.05) is 6.04 Å². The molecule has 0 amide bonds. The van der Waals surface area contributed by atoms with Crippen LogP contribution in [0.2, 0.25) is 0 Å². The predicted molar refractivity (Wildman–Crippen MR) is 74.8 cm³/mol. The van der Waals surface area contributed by atoms with Gasteiger partial charge >= 0.3 is 0 Å². The normalized spacial score (nSPS) is 20.2. The van der Waals surface area contributed by atoms with Crippen molar-refractivity contribution in [2.24, 2.45) is 29.2 Å². The Morgan fingerprint density at radius 3 is 1.94 bits per heavy atom. The van der Waals surface area contributed by atoms with Gasteiger partial charge in [0.15, 0.2) is 0 Å². The van der Waals surface area contributed by atoms with Gasteiger partial charge in [0.2, 0.25) is 0 Å². The molecule has 0 saturated carbocycles. The molecule has 0 radical (unpaired) electrons. The van der Waals surface area contributed by atoms with Crippen LogP contribution in [0.15, 0.2) is 0 Å². The fourth-order valence-electron chi connectivity index (χ4n) is 2.44. The quantitative estimate of drug-likeness (QED) is 0.608. The van der Waals surface area contributed by atoms with Crippen molar-refractivity contribution in [3.63, 3.8) is 0 Å². The third-order valence-corrected chi connectivity index (χ3v) is 5.85. The van der Waals surface area contributed by atoms with E-state index in [0.29, 0.717) is 6.54 Å². The molecule has 0 aromatic rings. The minimum Gasteiger partial charge on any atom is -0.330 e. The van der Waals surface area contributed by atoms with E-state index in [4.69, 9.17) is 11.5 Å². The van der Waals surface area contributed by atoms with Crippen molar-refractivity contribution in [1.82, 2.24) is 0 Å². The topological polar surface area (TPSA) is 106 Å². The summed E-state index contributed by atoms with van der Waals surface area (Å²) in [5.41, 5.74) is 11.5. The summed E-state index contributed by atoms with van der Waals surface area (Å²) >= 11 is 0. The van der Waals surface area contributed by atoms with Gasteiger partial charge in [-0.2, -0.15) is 8.42 Å². The minimum absolute atomic E-state index is 0.00734. The van der Waals surface area contributed by atoms with E-state index in [2.05, 4.69) is 0 Å². The van der Waals surface area contributed by atoms with Crippen LogP contribution in [0.3, 0.4) is 0 Å². The molecule has 0 bridgehead atoms. The molecule has 4 unspecified atom stereocenters. The van der Waals surface area contributed by atoms with Gasteiger partial charge in [-0.25, -0.2) is 0 Å². The molecule has 5 nitrogen and oxygen atoms in total. The minimum atomic E-state index is -4.11. The van der Waals surface area contributed by atoms with E-state index in [0.717, 1.165) is 6.42 Å². The van der Waals surface area contributed by atoms with Crippen molar-refractivity contribution < 1.29 is 13.0 Å². The van der Waals surface area contributed by atoms with Crippen LogP contribution in [-0.4, -0.2) is 30.3 Å². The lowest BCUT2D eigenvalue weighted by Gasteiger charge is -2.37. The summed E-state index contributed by atoms with van der Waals surface area (Å²) in [6.07, 6.45) is 0.785. The van der Waals surface area contributed by atoms with Crippen LogP contribution in [0.1, 0.15) is 41.0 Å². The zero-order valence-corrected chi connectivity index (χ0v) is 12.9. The summed E-state index contributed by atoms with van der Waals surface area (Å²) in [6, 6.07) is 0.0510. The maximum absolute atomic E-state index is 11.4. The zero-order valence-electron chi connectivity index (χ0n) is 12.1. The van der Waals surface area contributed by atoms with Gasteiger partial charge in [-0.1, -0.05) is 13.8 Å². The molecule has 0 aromatic heterocycles. The highest BCUT2D eigenvalue weighted by Crippen LogP contribution is 2.35. The van der Waals surface area contributed by atoms with Crippen LogP contribution in [0, 0.1) is 17.8 Å². The Balaban J connectivity index is 5.08. The third kappa shape index (κ3) is 4.19. The Labute approximate surface area is 111 Å². The number of rotatable bonds is 7. The predicted octanol–water partition coefficient (Wildman–Crippen LogP) is 1.24. The lowest BCUT2D eigenvalue weighted by Crippen LogP contribution is -2.46. The van der Waals surface area contributed by atoms with E-state index in [1.54, 1.807) is 0 Å². The first-order chi connectivity index (χ1) is 7.95. The molecule has 0 rings (SSSR count). The summed E-state index contributed by atoms with van der Waals surface area (Å²) in [7, 11) is -4.11. The molecular formula is C12H28N2O3S. The van der Waals surface area contributed by atoms with Crippen LogP contribution in [0.4, 0.5) is 0 Å². The van der Waals surface area contributed by atoms with Crippen molar-refractivity contribution in [3.8, 4) is 0 Å². The van der Waals surface area contributed by atoms with Gasteiger partial charge in [-0.15, -0.1) is 0 Å². The second-order valence-electron chi connectivity index (χ2n) is 5.96. The molecule has 5 N–H and O–H groups in total. The van der Waals surface area contributed by atoms with Crippen molar-refractivity contribution in [2.45, 2.75) is 51.8 Å². The van der Waals surface area contributed by atoms with Crippen LogP contribution >= 0.6 is 0 Å². The second kappa shape index (κ2) is 6.32. The summed E-state index contributed by atoms with van der Waals surface area (Å²) < 4.78 is 31.0. The smallest absolute Gasteiger partial charge is 0.270 e. The molecule has 0 fully saturated rings. The van der Waals surface area contributed by atoms with E-state index in [9.17, 15) is 13.0 Å². The summed E-state index contributed by atoms with van der Waals surface area (Å²) in [6.45, 7) is 9.22. The molecule has 18 heavy (non-hydrogen) atoms. The monoisotopic (exact) mass is 280 g/mol. The molecular weight excluding hydrogens is 252 g/mol. The van der Waals surface area contributed by atoms with Crippen molar-refractivity contribution in [2.75, 3.05) is 6.54 Å². The van der Waals surface area contributed by atoms with Gasteiger partial charge in [0.25, 0.3) is 10.1 Å². The van der Waals surface area contributed by atoms with Gasteiger partial charge in [0.05, 0.1) is 4.75 Å². The van der Waals surface area contributed by atoms with E-state index in [1.807, 2.05) is 20.8 Å². The van der Waals surface area contributed by atoms with Crippen molar-refractivity contribution in [1.29, 1.82) is 0 Å². The van der Waals surface area contributed by atoms with Crippen molar-refractivity contribution in [3.05, 3.63) is 0 Å². The average molecular weight is 280 g/mol. The Morgan fingerprint density at radius 1 is 1.22 bits per heavy atom. The van der Waals surface area contributed by atoms with Crippen molar-refractivity contribution >= 4 is 10.1 Å². The Hall–Kier alpha value is -0.170. The van der Waals surface area contributed by atoms with Gasteiger partial charge in [0.1, 0.15) is 0 Å². The van der Waals surface area contributed by atoms with Crippen LogP contribution < -0.4 is 11.5 Å². The lowest BCUT2D eigenvalue weighted by atomic mass is 9.75. The number of hydrogen-bond acceptors (Lipinski definition) is 4. The third-order valence-electron chi connectivity index (χ3n) is 4.15. The van der Waals surface area contributed by atoms with Crippen LogP contribution in [0.25, 0.3) is 0 Å². The van der Waals surface area contributed by atoms with E-state index in [-0.39, 0.29) is 23.8 Å². The molecule has 6 heteroatoms. The summed E-state index contributed by atoms with van der Waals surface area (Å²) in [5.74, 6) is -0.0230. The first kappa shape index (κ1) is 17.8. The molecule has 0 aliphatic carbocycles. The standard InChI is InChI=1S/C12H28N2O3S/c1-8(6-9(2)14)11(7-13)10(3)12(4,5)18(15,16)17/h8-11H,6-7,13-14H2,1-5H3,(H,15,16,17). The SMILES string of the molecule is CC(N)CC(C)C(CN)C(C)C(C)(C)S(=O)(=O)O. The van der Waals surface area contributed by atoms with E-state index < -0.39 is 14.9 Å². The molecule has 110 valence electrons. The highest BCUT2D eigenvalue weighted by atomic mass is 32.2. The molecule has 0 aromatic carbocycles. The largest absolute Gasteiger partial charge is 0.330 e. The Bertz CT molecular complexity index is 352. The Morgan fingerprint density at radius 2 is 1.67 bits per heavy atom. The summed E-state index contributed by atoms with van der Waals surface area (Å²) in [4.78, 5) is 0. The first-order valence-corrected chi connectivity index (χ1v) is 7.81. The Kier molecular flexibility index (Phi) is 6.26. The zero-order chi connectivity index (χ0) is 14.7. The fourth-order valence-corrected chi connectivity index (χ4v) is 3.09. The van der Waals surface area contributed by atoms with Crippen LogP contribution in [0.5, 0.6) is 0 Å². The van der Waals surface area contributed by atoms with E-state index in [1.165, 1.54) is 13.8 Å². The second-order valence-corrected chi connectivity index (χ2v) is 7.96. The first-order valence-electron chi connectivity index (χ1n) is 6.37. The number of hydrogen-bond donors (Lipinski definition) is 3. The fraction of sp³-hybridized carbons (Fsp3) is 1.00. The molecule has 0 spiro atoms. The number of nitrogens with two attached hydrogens (primary N) is 2.